The van der Waals surface area contributed by atoms with Crippen LogP contribution in [0.2, 0.25) is 5.15 Å². The molecule has 1 aromatic rings. The molecule has 128 valence electrons. The summed E-state index contributed by atoms with van der Waals surface area (Å²) in [5.74, 6) is -0.269. The molecule has 1 aromatic heterocycles. The molecule has 0 radical (unpaired) electrons. The standard InChI is InChI=1S/C13H19ClN4O4S/c1-9-11(12(14)16(2)15-9)13(19)17-7-10(8-17)23(20,21)18-3-5-22-6-4-18/h10H,3-8H2,1-2H3. The van der Waals surface area contributed by atoms with Crippen molar-refractivity contribution in [2.24, 2.45) is 7.05 Å². The predicted octanol–water partition coefficient (Wildman–Crippen LogP) is -0.132. The highest BCUT2D eigenvalue weighted by Crippen LogP contribution is 2.26. The summed E-state index contributed by atoms with van der Waals surface area (Å²) in [6.07, 6.45) is 0. The molecule has 8 nitrogen and oxygen atoms in total. The number of aryl methyl sites for hydroxylation is 2. The Bertz CT molecular complexity index is 721. The van der Waals surface area contributed by atoms with Crippen molar-refractivity contribution in [1.29, 1.82) is 0 Å². The van der Waals surface area contributed by atoms with Crippen LogP contribution in [0.25, 0.3) is 0 Å². The minimum absolute atomic E-state index is 0.184. The van der Waals surface area contributed by atoms with Gasteiger partial charge in [-0.2, -0.15) is 9.40 Å². The van der Waals surface area contributed by atoms with Crippen molar-refractivity contribution in [2.45, 2.75) is 12.2 Å². The predicted molar refractivity (Wildman–Crippen MR) is 84.0 cm³/mol. The van der Waals surface area contributed by atoms with Crippen molar-refractivity contribution < 1.29 is 17.9 Å². The zero-order valence-electron chi connectivity index (χ0n) is 13.0. The van der Waals surface area contributed by atoms with Gasteiger partial charge in [-0.25, -0.2) is 8.42 Å². The van der Waals surface area contributed by atoms with E-state index in [1.807, 2.05) is 0 Å². The molecule has 0 aliphatic carbocycles. The van der Waals surface area contributed by atoms with Crippen LogP contribution in [-0.2, 0) is 21.8 Å². The fourth-order valence-corrected chi connectivity index (χ4v) is 4.91. The first-order valence-corrected chi connectivity index (χ1v) is 9.25. The van der Waals surface area contributed by atoms with Gasteiger partial charge in [0.2, 0.25) is 10.0 Å². The molecule has 3 heterocycles. The molecule has 2 aliphatic heterocycles. The molecule has 0 unspecified atom stereocenters. The van der Waals surface area contributed by atoms with E-state index in [0.717, 1.165) is 0 Å². The molecule has 0 saturated carbocycles. The molecule has 10 heteroatoms. The van der Waals surface area contributed by atoms with Gasteiger partial charge in [-0.3, -0.25) is 9.48 Å². The van der Waals surface area contributed by atoms with Crippen molar-refractivity contribution in [3.63, 3.8) is 0 Å². The van der Waals surface area contributed by atoms with Gasteiger partial charge in [-0.1, -0.05) is 11.6 Å². The SMILES string of the molecule is Cc1nn(C)c(Cl)c1C(=O)N1CC(S(=O)(=O)N2CCOCC2)C1. The van der Waals surface area contributed by atoms with Gasteiger partial charge >= 0.3 is 0 Å². The number of carbonyl (C=O) groups is 1. The zero-order valence-corrected chi connectivity index (χ0v) is 14.6. The lowest BCUT2D eigenvalue weighted by molar-refractivity contribution is 0.0616. The smallest absolute Gasteiger partial charge is 0.258 e. The minimum atomic E-state index is -3.38. The lowest BCUT2D eigenvalue weighted by Crippen LogP contribution is -2.61. The molecule has 2 aliphatic rings. The molecule has 2 saturated heterocycles. The van der Waals surface area contributed by atoms with Crippen LogP contribution < -0.4 is 0 Å². The van der Waals surface area contributed by atoms with Gasteiger partial charge in [0.25, 0.3) is 5.91 Å². The summed E-state index contributed by atoms with van der Waals surface area (Å²) in [4.78, 5) is 14.0. The van der Waals surface area contributed by atoms with E-state index >= 15 is 0 Å². The molecular formula is C13H19ClN4O4S. The van der Waals surface area contributed by atoms with Crippen molar-refractivity contribution in [3.05, 3.63) is 16.4 Å². The average Bonchev–Trinajstić information content (AvgIpc) is 2.71. The molecule has 0 aromatic carbocycles. The maximum Gasteiger partial charge on any atom is 0.258 e. The third-order valence-electron chi connectivity index (χ3n) is 4.25. The molecule has 0 N–H and O–H groups in total. The number of likely N-dealkylation sites (tertiary alicyclic amines) is 1. The second kappa shape index (κ2) is 6.04. The Hall–Kier alpha value is -1.16. The zero-order chi connectivity index (χ0) is 16.8. The Labute approximate surface area is 140 Å². The first-order chi connectivity index (χ1) is 10.8. The van der Waals surface area contributed by atoms with Crippen LogP contribution in [-0.4, -0.2) is 78.0 Å². The fourth-order valence-electron chi connectivity index (χ4n) is 2.84. The van der Waals surface area contributed by atoms with Crippen molar-refractivity contribution in [3.8, 4) is 0 Å². The Balaban J connectivity index is 1.67. The van der Waals surface area contributed by atoms with E-state index in [-0.39, 0.29) is 24.1 Å². The highest BCUT2D eigenvalue weighted by molar-refractivity contribution is 7.89. The van der Waals surface area contributed by atoms with Crippen LogP contribution in [0.1, 0.15) is 16.1 Å². The van der Waals surface area contributed by atoms with E-state index in [4.69, 9.17) is 16.3 Å². The molecule has 0 bridgehead atoms. The second-order valence-electron chi connectivity index (χ2n) is 5.76. The van der Waals surface area contributed by atoms with E-state index < -0.39 is 15.3 Å². The summed E-state index contributed by atoms with van der Waals surface area (Å²) in [6.45, 7) is 3.66. The van der Waals surface area contributed by atoms with Crippen LogP contribution >= 0.6 is 11.6 Å². The number of aromatic nitrogens is 2. The molecule has 2 fully saturated rings. The van der Waals surface area contributed by atoms with Crippen molar-refractivity contribution in [1.82, 2.24) is 19.0 Å². The summed E-state index contributed by atoms with van der Waals surface area (Å²) < 4.78 is 33.1. The monoisotopic (exact) mass is 362 g/mol. The van der Waals surface area contributed by atoms with Crippen molar-refractivity contribution in [2.75, 3.05) is 39.4 Å². The molecule has 1 amide bonds. The summed E-state index contributed by atoms with van der Waals surface area (Å²) in [5.41, 5.74) is 0.887. The summed E-state index contributed by atoms with van der Waals surface area (Å²) in [5, 5.41) is 3.83. The molecular weight excluding hydrogens is 344 g/mol. The molecule has 0 spiro atoms. The lowest BCUT2D eigenvalue weighted by Gasteiger charge is -2.41. The normalized spacial score (nSPS) is 20.6. The molecule has 23 heavy (non-hydrogen) atoms. The van der Waals surface area contributed by atoms with Gasteiger partial charge in [0.1, 0.15) is 10.4 Å². The van der Waals surface area contributed by atoms with E-state index in [1.54, 1.807) is 14.0 Å². The number of hydrogen-bond donors (Lipinski definition) is 0. The number of carbonyl (C=O) groups excluding carboxylic acids is 1. The Kier molecular flexibility index (Phi) is 4.39. The highest BCUT2D eigenvalue weighted by atomic mass is 35.5. The third kappa shape index (κ3) is 2.86. The number of halogens is 1. The van der Waals surface area contributed by atoms with Gasteiger partial charge < -0.3 is 9.64 Å². The van der Waals surface area contributed by atoms with E-state index in [9.17, 15) is 13.2 Å². The Morgan fingerprint density at radius 1 is 1.30 bits per heavy atom. The number of ether oxygens (including phenoxy) is 1. The van der Waals surface area contributed by atoms with E-state index in [0.29, 0.717) is 37.6 Å². The number of sulfonamides is 1. The fraction of sp³-hybridized carbons (Fsp3) is 0.692. The van der Waals surface area contributed by atoms with Crippen molar-refractivity contribution >= 4 is 27.5 Å². The van der Waals surface area contributed by atoms with Gasteiger partial charge in [0.15, 0.2) is 0 Å². The van der Waals surface area contributed by atoms with Gasteiger partial charge in [0, 0.05) is 33.2 Å². The highest BCUT2D eigenvalue weighted by Gasteiger charge is 2.44. The maximum atomic E-state index is 12.5. The first-order valence-electron chi connectivity index (χ1n) is 7.37. The van der Waals surface area contributed by atoms with Gasteiger partial charge in [0.05, 0.1) is 24.5 Å². The summed E-state index contributed by atoms with van der Waals surface area (Å²) in [7, 11) is -1.72. The number of hydrogen-bond acceptors (Lipinski definition) is 5. The second-order valence-corrected chi connectivity index (χ2v) is 8.33. The number of amides is 1. The number of rotatable bonds is 3. The summed E-state index contributed by atoms with van der Waals surface area (Å²) in [6, 6.07) is 0. The summed E-state index contributed by atoms with van der Waals surface area (Å²) >= 11 is 6.09. The number of morpholine rings is 1. The van der Waals surface area contributed by atoms with E-state index in [1.165, 1.54) is 13.9 Å². The van der Waals surface area contributed by atoms with Crippen LogP contribution in [0.5, 0.6) is 0 Å². The lowest BCUT2D eigenvalue weighted by atomic mass is 10.1. The third-order valence-corrected chi connectivity index (χ3v) is 6.91. The maximum absolute atomic E-state index is 12.5. The molecule has 3 rings (SSSR count). The minimum Gasteiger partial charge on any atom is -0.379 e. The number of nitrogens with zero attached hydrogens (tertiary/aromatic N) is 4. The largest absolute Gasteiger partial charge is 0.379 e. The average molecular weight is 363 g/mol. The van der Waals surface area contributed by atoms with Crippen LogP contribution in [0.4, 0.5) is 0 Å². The van der Waals surface area contributed by atoms with Crippen LogP contribution in [0.3, 0.4) is 0 Å². The topological polar surface area (TPSA) is 84.7 Å². The Morgan fingerprint density at radius 2 is 1.91 bits per heavy atom. The quantitative estimate of drug-likeness (QED) is 0.747. The first kappa shape index (κ1) is 16.7. The van der Waals surface area contributed by atoms with Crippen LogP contribution in [0.15, 0.2) is 0 Å². The molecule has 0 atom stereocenters. The van der Waals surface area contributed by atoms with E-state index in [2.05, 4.69) is 5.10 Å². The van der Waals surface area contributed by atoms with Gasteiger partial charge in [-0.15, -0.1) is 0 Å². The Morgan fingerprint density at radius 3 is 2.43 bits per heavy atom. The van der Waals surface area contributed by atoms with Gasteiger partial charge in [-0.05, 0) is 6.92 Å². The van der Waals surface area contributed by atoms with Crippen LogP contribution in [0, 0.1) is 6.92 Å².